The fraction of sp³-hybridized carbons (Fsp3) is 0.421. The molecule has 8 heteroatoms. The van der Waals surface area contributed by atoms with Crippen LogP contribution in [-0.4, -0.2) is 52.2 Å². The fourth-order valence-corrected chi connectivity index (χ4v) is 4.50. The number of anilines is 2. The van der Waals surface area contributed by atoms with Gasteiger partial charge >= 0.3 is 0 Å². The van der Waals surface area contributed by atoms with Crippen molar-refractivity contribution in [3.8, 4) is 0 Å². The maximum atomic E-state index is 13.1. The largest absolute Gasteiger partial charge is 0.335 e. The van der Waals surface area contributed by atoms with E-state index >= 15 is 0 Å². The Morgan fingerprint density at radius 3 is 2.93 bits per heavy atom. The lowest BCUT2D eigenvalue weighted by molar-refractivity contribution is 0.0729. The van der Waals surface area contributed by atoms with Crippen LogP contribution >= 0.6 is 11.3 Å². The number of aromatic nitrogens is 3. The quantitative estimate of drug-likeness (QED) is 0.646. The van der Waals surface area contributed by atoms with Gasteiger partial charge < -0.3 is 15.5 Å². The SMILES string of the molecule is Cc1c(C(=O)N2CCNCC2)nc(Nc2cc(C3CC3)[nH]n2)c2ccsc12. The third-order valence-corrected chi connectivity index (χ3v) is 6.34. The molecule has 0 radical (unpaired) electrons. The molecule has 2 fully saturated rings. The smallest absolute Gasteiger partial charge is 0.272 e. The van der Waals surface area contributed by atoms with Crippen LogP contribution in [0.25, 0.3) is 10.1 Å². The molecule has 4 heterocycles. The van der Waals surface area contributed by atoms with E-state index in [1.807, 2.05) is 17.2 Å². The molecule has 0 atom stereocenters. The number of carbonyl (C=O) groups excluding carboxylic acids is 1. The van der Waals surface area contributed by atoms with E-state index in [9.17, 15) is 4.79 Å². The van der Waals surface area contributed by atoms with Gasteiger partial charge in [0.15, 0.2) is 5.82 Å². The van der Waals surface area contributed by atoms with E-state index in [-0.39, 0.29) is 5.91 Å². The predicted octanol–water partition coefficient (Wildman–Crippen LogP) is 2.99. The second kappa shape index (κ2) is 6.61. The number of thiophene rings is 1. The summed E-state index contributed by atoms with van der Waals surface area (Å²) in [6.45, 7) is 5.08. The Labute approximate surface area is 161 Å². The van der Waals surface area contributed by atoms with E-state index in [2.05, 4.69) is 33.0 Å². The van der Waals surface area contributed by atoms with Gasteiger partial charge in [-0.05, 0) is 36.8 Å². The van der Waals surface area contributed by atoms with Crippen molar-refractivity contribution in [2.24, 2.45) is 0 Å². The monoisotopic (exact) mass is 382 g/mol. The minimum absolute atomic E-state index is 0.00745. The minimum atomic E-state index is 0.00745. The first-order valence-electron chi connectivity index (χ1n) is 9.41. The number of aryl methyl sites for hydroxylation is 1. The fourth-order valence-electron chi connectivity index (χ4n) is 3.60. The van der Waals surface area contributed by atoms with E-state index < -0.39 is 0 Å². The molecule has 5 rings (SSSR count). The Bertz CT molecular complexity index is 999. The number of nitrogens with one attached hydrogen (secondary N) is 3. The highest BCUT2D eigenvalue weighted by atomic mass is 32.1. The van der Waals surface area contributed by atoms with Crippen molar-refractivity contribution in [1.82, 2.24) is 25.4 Å². The molecular weight excluding hydrogens is 360 g/mol. The number of H-pyrrole nitrogens is 1. The maximum Gasteiger partial charge on any atom is 0.272 e. The first-order valence-corrected chi connectivity index (χ1v) is 10.3. The van der Waals surface area contributed by atoms with Crippen LogP contribution in [0.5, 0.6) is 0 Å². The molecule has 3 N–H and O–H groups in total. The van der Waals surface area contributed by atoms with Crippen molar-refractivity contribution in [3.05, 3.63) is 34.5 Å². The molecule has 1 aliphatic carbocycles. The number of pyridine rings is 1. The summed E-state index contributed by atoms with van der Waals surface area (Å²) in [5, 5.41) is 17.2. The number of aromatic amines is 1. The zero-order chi connectivity index (χ0) is 18.4. The normalized spacial score (nSPS) is 17.4. The van der Waals surface area contributed by atoms with Crippen LogP contribution in [0.2, 0.25) is 0 Å². The molecule has 1 aliphatic heterocycles. The van der Waals surface area contributed by atoms with Gasteiger partial charge in [0.2, 0.25) is 0 Å². The van der Waals surface area contributed by atoms with E-state index in [1.54, 1.807) is 11.3 Å². The van der Waals surface area contributed by atoms with Gasteiger partial charge in [-0.25, -0.2) is 4.98 Å². The summed E-state index contributed by atoms with van der Waals surface area (Å²) < 4.78 is 1.10. The molecule has 140 valence electrons. The average molecular weight is 382 g/mol. The Morgan fingerprint density at radius 1 is 1.33 bits per heavy atom. The molecule has 7 nitrogen and oxygen atoms in total. The Morgan fingerprint density at radius 2 is 2.15 bits per heavy atom. The van der Waals surface area contributed by atoms with Gasteiger partial charge in [0, 0.05) is 53.9 Å². The van der Waals surface area contributed by atoms with Crippen molar-refractivity contribution in [2.75, 3.05) is 31.5 Å². The van der Waals surface area contributed by atoms with Crippen molar-refractivity contribution < 1.29 is 4.79 Å². The zero-order valence-electron chi connectivity index (χ0n) is 15.2. The van der Waals surface area contributed by atoms with Crippen LogP contribution in [0, 0.1) is 6.92 Å². The molecule has 3 aromatic heterocycles. The number of carbonyl (C=O) groups is 1. The summed E-state index contributed by atoms with van der Waals surface area (Å²) in [5.74, 6) is 2.07. The van der Waals surface area contributed by atoms with Crippen molar-refractivity contribution >= 4 is 39.0 Å². The van der Waals surface area contributed by atoms with Gasteiger partial charge in [-0.15, -0.1) is 11.3 Å². The van der Waals surface area contributed by atoms with Crippen molar-refractivity contribution in [2.45, 2.75) is 25.7 Å². The highest BCUT2D eigenvalue weighted by molar-refractivity contribution is 7.17. The van der Waals surface area contributed by atoms with E-state index in [0.29, 0.717) is 17.4 Å². The Balaban J connectivity index is 1.51. The average Bonchev–Trinajstić information content (AvgIpc) is 3.23. The molecule has 0 unspecified atom stereocenters. The van der Waals surface area contributed by atoms with Gasteiger partial charge in [-0.1, -0.05) is 0 Å². The summed E-state index contributed by atoms with van der Waals surface area (Å²) >= 11 is 1.65. The van der Waals surface area contributed by atoms with E-state index in [0.717, 1.165) is 47.6 Å². The lowest BCUT2D eigenvalue weighted by atomic mass is 10.1. The second-order valence-electron chi connectivity index (χ2n) is 7.25. The molecule has 0 spiro atoms. The molecule has 1 amide bonds. The van der Waals surface area contributed by atoms with Crippen LogP contribution in [0.1, 0.15) is 40.5 Å². The van der Waals surface area contributed by atoms with Gasteiger partial charge in [0.05, 0.1) is 0 Å². The summed E-state index contributed by atoms with van der Waals surface area (Å²) in [5.41, 5.74) is 2.66. The number of hydrogen-bond donors (Lipinski definition) is 3. The third-order valence-electron chi connectivity index (χ3n) is 5.31. The Hall–Kier alpha value is -2.45. The van der Waals surface area contributed by atoms with Crippen LogP contribution in [0.15, 0.2) is 17.5 Å². The number of nitrogens with zero attached hydrogens (tertiary/aromatic N) is 3. The van der Waals surface area contributed by atoms with Gasteiger partial charge in [-0.3, -0.25) is 9.89 Å². The van der Waals surface area contributed by atoms with Gasteiger partial charge in [0.1, 0.15) is 11.5 Å². The summed E-state index contributed by atoms with van der Waals surface area (Å²) in [6.07, 6.45) is 2.45. The van der Waals surface area contributed by atoms with Crippen LogP contribution in [0.3, 0.4) is 0 Å². The van der Waals surface area contributed by atoms with E-state index in [4.69, 9.17) is 4.98 Å². The maximum absolute atomic E-state index is 13.1. The highest BCUT2D eigenvalue weighted by Crippen LogP contribution is 2.40. The van der Waals surface area contributed by atoms with Crippen LogP contribution in [-0.2, 0) is 0 Å². The molecule has 1 saturated heterocycles. The summed E-state index contributed by atoms with van der Waals surface area (Å²) in [4.78, 5) is 19.7. The predicted molar refractivity (Wildman–Crippen MR) is 107 cm³/mol. The standard InChI is InChI=1S/C19H22N6OS/c1-11-16(19(26)25-7-5-20-6-8-25)22-18(13-4-9-27-17(11)13)21-15-10-14(23-24-15)12-2-3-12/h4,9-10,12,20H,2-3,5-8H2,1H3,(H2,21,22,23,24). The van der Waals surface area contributed by atoms with Gasteiger partial charge in [0.25, 0.3) is 5.91 Å². The van der Waals surface area contributed by atoms with Crippen molar-refractivity contribution in [3.63, 3.8) is 0 Å². The number of hydrogen-bond acceptors (Lipinski definition) is 6. The topological polar surface area (TPSA) is 85.9 Å². The number of piperazine rings is 1. The summed E-state index contributed by atoms with van der Waals surface area (Å²) in [7, 11) is 0. The van der Waals surface area contributed by atoms with Crippen molar-refractivity contribution in [1.29, 1.82) is 0 Å². The minimum Gasteiger partial charge on any atom is -0.335 e. The lowest BCUT2D eigenvalue weighted by Gasteiger charge is -2.27. The molecule has 0 aromatic carbocycles. The molecule has 1 saturated carbocycles. The lowest BCUT2D eigenvalue weighted by Crippen LogP contribution is -2.46. The van der Waals surface area contributed by atoms with Crippen LogP contribution in [0.4, 0.5) is 11.6 Å². The van der Waals surface area contributed by atoms with Crippen LogP contribution < -0.4 is 10.6 Å². The van der Waals surface area contributed by atoms with E-state index in [1.165, 1.54) is 18.5 Å². The number of fused-ring (bicyclic) bond motifs is 1. The molecule has 0 bridgehead atoms. The molecular formula is C19H22N6OS. The first kappa shape index (κ1) is 16.7. The zero-order valence-corrected chi connectivity index (χ0v) is 16.0. The Kier molecular flexibility index (Phi) is 4.09. The second-order valence-corrected chi connectivity index (χ2v) is 8.16. The highest BCUT2D eigenvalue weighted by Gasteiger charge is 2.26. The summed E-state index contributed by atoms with van der Waals surface area (Å²) in [6, 6.07) is 4.10. The first-order chi connectivity index (χ1) is 13.2. The molecule has 2 aliphatic rings. The number of amides is 1. The van der Waals surface area contributed by atoms with Gasteiger partial charge in [-0.2, -0.15) is 5.10 Å². The number of rotatable bonds is 4. The molecule has 27 heavy (non-hydrogen) atoms. The third kappa shape index (κ3) is 3.08. The molecule has 3 aromatic rings.